The van der Waals surface area contributed by atoms with Crippen LogP contribution in [0.3, 0.4) is 0 Å². The van der Waals surface area contributed by atoms with Crippen molar-refractivity contribution >= 4 is 5.97 Å². The Morgan fingerprint density at radius 3 is 2.35 bits per heavy atom. The first kappa shape index (κ1) is 13.3. The highest BCUT2D eigenvalue weighted by atomic mass is 16.5. The number of nitriles is 2. The topological polar surface area (TPSA) is 73.9 Å². The molecule has 0 spiro atoms. The summed E-state index contributed by atoms with van der Waals surface area (Å²) in [4.78, 5) is 11.8. The summed E-state index contributed by atoms with van der Waals surface area (Å²) in [6.45, 7) is 0.106. The van der Waals surface area contributed by atoms with Crippen molar-refractivity contribution in [3.63, 3.8) is 0 Å². The molecule has 0 aliphatic rings. The van der Waals surface area contributed by atoms with Gasteiger partial charge in [0.1, 0.15) is 6.61 Å². The quantitative estimate of drug-likeness (QED) is 0.797. The lowest BCUT2D eigenvalue weighted by molar-refractivity contribution is 0.0472. The molecule has 96 valence electrons. The van der Waals surface area contributed by atoms with Crippen LogP contribution in [0, 0.1) is 22.7 Å². The van der Waals surface area contributed by atoms with Crippen molar-refractivity contribution in [1.29, 1.82) is 10.5 Å². The largest absolute Gasteiger partial charge is 0.457 e. The second kappa shape index (κ2) is 6.17. The molecule has 0 aliphatic heterocycles. The van der Waals surface area contributed by atoms with Crippen molar-refractivity contribution in [3.05, 3.63) is 70.8 Å². The van der Waals surface area contributed by atoms with Crippen LogP contribution in [0.15, 0.2) is 48.5 Å². The van der Waals surface area contributed by atoms with Crippen LogP contribution in [-0.4, -0.2) is 5.97 Å². The predicted octanol–water partition coefficient (Wildman–Crippen LogP) is 2.79. The Bertz CT molecular complexity index is 706. The average Bonchev–Trinajstić information content (AvgIpc) is 2.53. The first-order valence-corrected chi connectivity index (χ1v) is 5.89. The molecule has 0 bridgehead atoms. The number of hydrogen-bond donors (Lipinski definition) is 0. The number of benzene rings is 2. The molecule has 0 aromatic heterocycles. The summed E-state index contributed by atoms with van der Waals surface area (Å²) in [5, 5.41) is 17.5. The van der Waals surface area contributed by atoms with Gasteiger partial charge >= 0.3 is 5.97 Å². The van der Waals surface area contributed by atoms with Crippen LogP contribution >= 0.6 is 0 Å². The maximum absolute atomic E-state index is 11.8. The van der Waals surface area contributed by atoms with Crippen LogP contribution in [0.1, 0.15) is 27.0 Å². The molecular formula is C16H10N2O2. The molecule has 4 nitrogen and oxygen atoms in total. The van der Waals surface area contributed by atoms with E-state index in [0.717, 1.165) is 5.56 Å². The number of carbonyl (C=O) groups excluding carboxylic acids is 1. The number of nitrogens with zero attached hydrogens (tertiary/aromatic N) is 2. The fourth-order valence-electron chi connectivity index (χ4n) is 1.64. The van der Waals surface area contributed by atoms with E-state index in [4.69, 9.17) is 15.3 Å². The van der Waals surface area contributed by atoms with Crippen molar-refractivity contribution in [2.24, 2.45) is 0 Å². The van der Waals surface area contributed by atoms with Crippen LogP contribution in [0.25, 0.3) is 0 Å². The minimum Gasteiger partial charge on any atom is -0.457 e. The second-order valence-electron chi connectivity index (χ2n) is 4.08. The van der Waals surface area contributed by atoms with E-state index in [-0.39, 0.29) is 6.61 Å². The van der Waals surface area contributed by atoms with E-state index in [1.807, 2.05) is 12.1 Å². The zero-order valence-corrected chi connectivity index (χ0v) is 10.5. The van der Waals surface area contributed by atoms with Gasteiger partial charge in [0.2, 0.25) is 0 Å². The number of esters is 1. The smallest absolute Gasteiger partial charge is 0.338 e. The zero-order valence-electron chi connectivity index (χ0n) is 10.5. The molecular weight excluding hydrogens is 252 g/mol. The standard InChI is InChI=1S/C16H10N2O2/c17-9-12-4-6-15(7-5-12)16(19)20-11-14-3-1-2-13(8-14)10-18/h1-8H,11H2. The summed E-state index contributed by atoms with van der Waals surface area (Å²) in [5.41, 5.74) is 2.16. The van der Waals surface area contributed by atoms with Gasteiger partial charge < -0.3 is 4.74 Å². The Labute approximate surface area is 116 Å². The van der Waals surface area contributed by atoms with Crippen molar-refractivity contribution < 1.29 is 9.53 Å². The van der Waals surface area contributed by atoms with Crippen molar-refractivity contribution in [2.75, 3.05) is 0 Å². The van der Waals surface area contributed by atoms with E-state index >= 15 is 0 Å². The van der Waals surface area contributed by atoms with Crippen LogP contribution in [0.2, 0.25) is 0 Å². The zero-order chi connectivity index (χ0) is 14.4. The van der Waals surface area contributed by atoms with Crippen molar-refractivity contribution in [3.8, 4) is 12.1 Å². The molecule has 0 atom stereocenters. The Morgan fingerprint density at radius 1 is 1.00 bits per heavy atom. The van der Waals surface area contributed by atoms with Gasteiger partial charge in [-0.25, -0.2) is 4.79 Å². The highest BCUT2D eigenvalue weighted by molar-refractivity contribution is 5.89. The van der Waals surface area contributed by atoms with E-state index in [0.29, 0.717) is 16.7 Å². The first-order chi connectivity index (χ1) is 9.72. The van der Waals surface area contributed by atoms with Gasteiger partial charge in [-0.05, 0) is 42.0 Å². The lowest BCUT2D eigenvalue weighted by atomic mass is 10.1. The minimum atomic E-state index is -0.461. The molecule has 2 aromatic carbocycles. The Kier molecular flexibility index (Phi) is 4.11. The molecule has 0 aliphatic carbocycles. The van der Waals surface area contributed by atoms with Gasteiger partial charge in [-0.3, -0.25) is 0 Å². The molecule has 0 heterocycles. The summed E-state index contributed by atoms with van der Waals surface area (Å²) in [6, 6.07) is 17.1. The lowest BCUT2D eigenvalue weighted by Gasteiger charge is -2.05. The number of carbonyl (C=O) groups is 1. The molecule has 0 unspecified atom stereocenters. The molecule has 0 radical (unpaired) electrons. The van der Waals surface area contributed by atoms with Gasteiger partial charge in [-0.1, -0.05) is 12.1 Å². The molecule has 0 saturated heterocycles. The SMILES string of the molecule is N#Cc1ccc(C(=O)OCc2cccc(C#N)c2)cc1. The van der Waals surface area contributed by atoms with Gasteiger partial charge in [0.15, 0.2) is 0 Å². The minimum absolute atomic E-state index is 0.106. The Balaban J connectivity index is 2.01. The first-order valence-electron chi connectivity index (χ1n) is 5.89. The summed E-state index contributed by atoms with van der Waals surface area (Å²) < 4.78 is 5.16. The fraction of sp³-hybridized carbons (Fsp3) is 0.0625. The van der Waals surface area contributed by atoms with Crippen molar-refractivity contribution in [1.82, 2.24) is 0 Å². The molecule has 0 amide bonds. The van der Waals surface area contributed by atoms with E-state index in [2.05, 4.69) is 0 Å². The molecule has 2 aromatic rings. The Hall–Kier alpha value is -3.11. The van der Waals surface area contributed by atoms with E-state index in [1.54, 1.807) is 48.5 Å². The van der Waals surface area contributed by atoms with Gasteiger partial charge in [0.25, 0.3) is 0 Å². The fourth-order valence-corrected chi connectivity index (χ4v) is 1.64. The molecule has 2 rings (SSSR count). The highest BCUT2D eigenvalue weighted by Gasteiger charge is 2.07. The number of rotatable bonds is 3. The summed E-state index contributed by atoms with van der Waals surface area (Å²) in [5.74, 6) is -0.461. The van der Waals surface area contributed by atoms with E-state index in [1.165, 1.54) is 0 Å². The van der Waals surface area contributed by atoms with Crippen LogP contribution < -0.4 is 0 Å². The van der Waals surface area contributed by atoms with Gasteiger partial charge in [0, 0.05) is 0 Å². The predicted molar refractivity (Wildman–Crippen MR) is 71.4 cm³/mol. The summed E-state index contributed by atoms with van der Waals surface area (Å²) >= 11 is 0. The summed E-state index contributed by atoms with van der Waals surface area (Å²) in [7, 11) is 0. The maximum atomic E-state index is 11.8. The normalized spacial score (nSPS) is 9.30. The average molecular weight is 262 g/mol. The third-order valence-electron chi connectivity index (χ3n) is 2.68. The van der Waals surface area contributed by atoms with Crippen LogP contribution in [0.4, 0.5) is 0 Å². The molecule has 4 heteroatoms. The number of ether oxygens (including phenoxy) is 1. The summed E-state index contributed by atoms with van der Waals surface area (Å²) in [6.07, 6.45) is 0. The molecule has 0 fully saturated rings. The van der Waals surface area contributed by atoms with Crippen LogP contribution in [-0.2, 0) is 11.3 Å². The monoisotopic (exact) mass is 262 g/mol. The lowest BCUT2D eigenvalue weighted by Crippen LogP contribution is -2.05. The van der Waals surface area contributed by atoms with E-state index < -0.39 is 5.97 Å². The third kappa shape index (κ3) is 3.22. The molecule has 20 heavy (non-hydrogen) atoms. The van der Waals surface area contributed by atoms with Gasteiger partial charge in [-0.2, -0.15) is 10.5 Å². The number of hydrogen-bond acceptors (Lipinski definition) is 4. The van der Waals surface area contributed by atoms with Gasteiger partial charge in [0.05, 0.1) is 28.8 Å². The molecule has 0 N–H and O–H groups in total. The maximum Gasteiger partial charge on any atom is 0.338 e. The van der Waals surface area contributed by atoms with Gasteiger partial charge in [-0.15, -0.1) is 0 Å². The van der Waals surface area contributed by atoms with Crippen molar-refractivity contribution in [2.45, 2.75) is 6.61 Å². The third-order valence-corrected chi connectivity index (χ3v) is 2.68. The Morgan fingerprint density at radius 2 is 1.70 bits per heavy atom. The van der Waals surface area contributed by atoms with Crippen LogP contribution in [0.5, 0.6) is 0 Å². The van der Waals surface area contributed by atoms with E-state index in [9.17, 15) is 4.79 Å². The molecule has 0 saturated carbocycles. The second-order valence-corrected chi connectivity index (χ2v) is 4.08. The highest BCUT2D eigenvalue weighted by Crippen LogP contribution is 2.09.